The van der Waals surface area contributed by atoms with Crippen LogP contribution in [0.25, 0.3) is 0 Å². The first kappa shape index (κ1) is 18.6. The number of carbonyl (C=O) groups is 1. The SMILES string of the molecule is C[N+](C)(C)CCNC(=O)C1=CC(=CN=O)N(Cc2ccccc2)C=C1. The van der Waals surface area contributed by atoms with Gasteiger partial charge in [0.15, 0.2) is 0 Å². The first-order valence-corrected chi connectivity index (χ1v) is 8.21. The molecule has 1 N–H and O–H groups in total. The zero-order valence-electron chi connectivity index (χ0n) is 15.0. The van der Waals surface area contributed by atoms with Crippen LogP contribution in [0.2, 0.25) is 0 Å². The maximum absolute atomic E-state index is 12.3. The van der Waals surface area contributed by atoms with Crippen LogP contribution in [0, 0.1) is 4.91 Å². The highest BCUT2D eigenvalue weighted by Crippen LogP contribution is 2.20. The van der Waals surface area contributed by atoms with E-state index in [2.05, 4.69) is 31.6 Å². The van der Waals surface area contributed by atoms with Gasteiger partial charge in [0.05, 0.1) is 46.1 Å². The van der Waals surface area contributed by atoms with Crippen LogP contribution in [0.15, 0.2) is 71.3 Å². The summed E-state index contributed by atoms with van der Waals surface area (Å²) < 4.78 is 0.778. The largest absolute Gasteiger partial charge is 0.346 e. The summed E-state index contributed by atoms with van der Waals surface area (Å²) in [4.78, 5) is 24.9. The van der Waals surface area contributed by atoms with Gasteiger partial charge in [0.1, 0.15) is 0 Å². The molecule has 0 bridgehead atoms. The van der Waals surface area contributed by atoms with Crippen LogP contribution >= 0.6 is 0 Å². The van der Waals surface area contributed by atoms with E-state index < -0.39 is 0 Å². The Morgan fingerprint density at radius 2 is 1.96 bits per heavy atom. The van der Waals surface area contributed by atoms with Crippen molar-refractivity contribution in [2.45, 2.75) is 6.54 Å². The second-order valence-corrected chi connectivity index (χ2v) is 6.96. The molecule has 0 radical (unpaired) electrons. The monoisotopic (exact) mass is 341 g/mol. The van der Waals surface area contributed by atoms with Gasteiger partial charge in [-0.1, -0.05) is 30.3 Å². The Bertz CT molecular complexity index is 700. The molecule has 1 aromatic carbocycles. The van der Waals surface area contributed by atoms with Crippen LogP contribution in [-0.2, 0) is 11.3 Å². The summed E-state index contributed by atoms with van der Waals surface area (Å²) in [6, 6.07) is 9.91. The molecular formula is C19H25N4O2+. The molecule has 1 aliphatic heterocycles. The van der Waals surface area contributed by atoms with E-state index in [1.807, 2.05) is 35.2 Å². The summed E-state index contributed by atoms with van der Waals surface area (Å²) in [5.41, 5.74) is 2.21. The number of nitrogens with one attached hydrogen (secondary N) is 1. The summed E-state index contributed by atoms with van der Waals surface area (Å²) in [7, 11) is 6.22. The standard InChI is InChI=1S/C19H24N4O2/c1-23(2,3)12-10-20-19(24)17-9-11-22(18(13-17)14-21-25)15-16-7-5-4-6-8-16/h4-9,11,13-14H,10,12,15H2,1-3H3/p+1. The van der Waals surface area contributed by atoms with Crippen LogP contribution in [0.4, 0.5) is 0 Å². The maximum Gasteiger partial charge on any atom is 0.251 e. The Balaban J connectivity index is 2.04. The number of quaternary nitrogens is 1. The van der Waals surface area contributed by atoms with Gasteiger partial charge in [-0.2, -0.15) is 0 Å². The van der Waals surface area contributed by atoms with E-state index >= 15 is 0 Å². The van der Waals surface area contributed by atoms with Gasteiger partial charge in [0.2, 0.25) is 0 Å². The maximum atomic E-state index is 12.3. The number of hydrogen-bond acceptors (Lipinski definition) is 4. The molecule has 0 unspecified atom stereocenters. The lowest BCUT2D eigenvalue weighted by molar-refractivity contribution is -0.869. The molecule has 0 aromatic heterocycles. The number of benzene rings is 1. The van der Waals surface area contributed by atoms with Crippen LogP contribution in [0.3, 0.4) is 0 Å². The van der Waals surface area contributed by atoms with Crippen LogP contribution in [-0.4, -0.2) is 49.5 Å². The molecular weight excluding hydrogens is 316 g/mol. The molecule has 0 saturated heterocycles. The van der Waals surface area contributed by atoms with E-state index in [1.165, 1.54) is 6.20 Å². The molecule has 25 heavy (non-hydrogen) atoms. The molecule has 6 nitrogen and oxygen atoms in total. The lowest BCUT2D eigenvalue weighted by Crippen LogP contribution is -2.42. The van der Waals surface area contributed by atoms with E-state index in [1.54, 1.807) is 18.4 Å². The topological polar surface area (TPSA) is 61.8 Å². The number of nitrogens with zero attached hydrogens (tertiary/aromatic N) is 3. The van der Waals surface area contributed by atoms with Crippen molar-refractivity contribution in [3.8, 4) is 0 Å². The highest BCUT2D eigenvalue weighted by molar-refractivity contribution is 5.96. The highest BCUT2D eigenvalue weighted by Gasteiger charge is 2.16. The third-order valence-corrected chi connectivity index (χ3v) is 3.78. The van der Waals surface area contributed by atoms with Crippen molar-refractivity contribution in [2.75, 3.05) is 34.2 Å². The Hall–Kier alpha value is -2.73. The third-order valence-electron chi connectivity index (χ3n) is 3.78. The number of nitroso groups, excluding NO2 is 1. The molecule has 0 saturated carbocycles. The fourth-order valence-corrected chi connectivity index (χ4v) is 2.38. The van der Waals surface area contributed by atoms with Gasteiger partial charge in [-0.3, -0.25) is 4.79 Å². The minimum absolute atomic E-state index is 0.152. The quantitative estimate of drug-likeness (QED) is 0.612. The zero-order chi connectivity index (χ0) is 18.3. The molecule has 0 atom stereocenters. The molecule has 0 fully saturated rings. The van der Waals surface area contributed by atoms with Gasteiger partial charge in [-0.05, 0) is 22.9 Å². The van der Waals surface area contributed by atoms with E-state index in [0.717, 1.165) is 16.6 Å². The van der Waals surface area contributed by atoms with Gasteiger partial charge < -0.3 is 14.7 Å². The van der Waals surface area contributed by atoms with Gasteiger partial charge >= 0.3 is 0 Å². The van der Waals surface area contributed by atoms with Crippen LogP contribution in [0.1, 0.15) is 5.56 Å². The van der Waals surface area contributed by atoms with E-state index in [9.17, 15) is 9.70 Å². The summed E-state index contributed by atoms with van der Waals surface area (Å²) >= 11 is 0. The number of likely N-dealkylation sites (N-methyl/N-ethyl adjacent to an activating group) is 1. The number of hydrogen-bond donors (Lipinski definition) is 1. The van der Waals surface area contributed by atoms with Crippen molar-refractivity contribution in [3.63, 3.8) is 0 Å². The van der Waals surface area contributed by atoms with Gasteiger partial charge in [0, 0.05) is 18.3 Å². The Morgan fingerprint density at radius 1 is 1.24 bits per heavy atom. The average Bonchev–Trinajstić information content (AvgIpc) is 2.56. The van der Waals surface area contributed by atoms with Crippen molar-refractivity contribution in [1.82, 2.24) is 10.2 Å². The minimum atomic E-state index is -0.152. The summed E-state index contributed by atoms with van der Waals surface area (Å²) in [5.74, 6) is -0.152. The van der Waals surface area contributed by atoms with Gasteiger partial charge in [0.25, 0.3) is 5.91 Å². The fraction of sp³-hybridized carbons (Fsp3) is 0.316. The van der Waals surface area contributed by atoms with E-state index in [0.29, 0.717) is 24.4 Å². The van der Waals surface area contributed by atoms with Crippen molar-refractivity contribution >= 4 is 5.91 Å². The molecule has 0 spiro atoms. The Morgan fingerprint density at radius 3 is 2.60 bits per heavy atom. The van der Waals surface area contributed by atoms with Crippen molar-refractivity contribution in [2.24, 2.45) is 5.18 Å². The third kappa shape index (κ3) is 6.00. The molecule has 1 aromatic rings. The number of carbonyl (C=O) groups excluding carboxylic acids is 1. The Kier molecular flexibility index (Phi) is 6.25. The molecule has 1 heterocycles. The number of rotatable bonds is 7. The second-order valence-electron chi connectivity index (χ2n) is 6.96. The molecule has 2 rings (SSSR count). The van der Waals surface area contributed by atoms with E-state index in [-0.39, 0.29) is 5.91 Å². The summed E-state index contributed by atoms with van der Waals surface area (Å²) in [5, 5.41) is 5.78. The first-order chi connectivity index (χ1) is 11.9. The lowest BCUT2D eigenvalue weighted by atomic mass is 10.1. The molecule has 1 aliphatic rings. The van der Waals surface area contributed by atoms with Crippen molar-refractivity contribution < 1.29 is 9.28 Å². The smallest absolute Gasteiger partial charge is 0.251 e. The minimum Gasteiger partial charge on any atom is -0.346 e. The van der Waals surface area contributed by atoms with Crippen molar-refractivity contribution in [1.29, 1.82) is 0 Å². The average molecular weight is 341 g/mol. The van der Waals surface area contributed by atoms with Crippen molar-refractivity contribution in [3.05, 3.63) is 76.6 Å². The molecule has 132 valence electrons. The molecule has 6 heteroatoms. The Labute approximate surface area is 148 Å². The lowest BCUT2D eigenvalue weighted by Gasteiger charge is -2.25. The summed E-state index contributed by atoms with van der Waals surface area (Å²) in [6.45, 7) is 2.03. The second kappa shape index (κ2) is 8.39. The van der Waals surface area contributed by atoms with Gasteiger partial charge in [-0.25, -0.2) is 0 Å². The van der Waals surface area contributed by atoms with Gasteiger partial charge in [-0.15, -0.1) is 4.91 Å². The summed E-state index contributed by atoms with van der Waals surface area (Å²) in [6.07, 6.45) is 6.47. The highest BCUT2D eigenvalue weighted by atomic mass is 16.2. The first-order valence-electron chi connectivity index (χ1n) is 8.21. The van der Waals surface area contributed by atoms with Crippen LogP contribution < -0.4 is 5.32 Å². The molecule has 1 amide bonds. The zero-order valence-corrected chi connectivity index (χ0v) is 15.0. The molecule has 0 aliphatic carbocycles. The number of amides is 1. The number of allylic oxidation sites excluding steroid dienone is 1. The van der Waals surface area contributed by atoms with E-state index in [4.69, 9.17) is 0 Å². The predicted molar refractivity (Wildman–Crippen MR) is 99.0 cm³/mol. The predicted octanol–water partition coefficient (Wildman–Crippen LogP) is 2.37. The fourth-order valence-electron chi connectivity index (χ4n) is 2.38. The van der Waals surface area contributed by atoms with Crippen LogP contribution in [0.5, 0.6) is 0 Å². The normalized spacial score (nSPS) is 15.9.